The summed E-state index contributed by atoms with van der Waals surface area (Å²) in [5.74, 6) is 0.432. The largest absolute Gasteiger partial charge is 0.497 e. The van der Waals surface area contributed by atoms with Crippen LogP contribution in [0.1, 0.15) is 21.7 Å². The fourth-order valence-corrected chi connectivity index (χ4v) is 2.65. The zero-order chi connectivity index (χ0) is 18.4. The van der Waals surface area contributed by atoms with Gasteiger partial charge in [0.15, 0.2) is 0 Å². The summed E-state index contributed by atoms with van der Waals surface area (Å²) in [5, 5.41) is 12.2. The summed E-state index contributed by atoms with van der Waals surface area (Å²) < 4.78 is 6.86. The summed E-state index contributed by atoms with van der Waals surface area (Å²) in [7, 11) is 1.60. The Morgan fingerprint density at radius 3 is 2.69 bits per heavy atom. The van der Waals surface area contributed by atoms with Crippen molar-refractivity contribution in [2.45, 2.75) is 6.42 Å². The van der Waals surface area contributed by atoms with Gasteiger partial charge in [0.1, 0.15) is 17.5 Å². The van der Waals surface area contributed by atoms with Crippen molar-refractivity contribution < 1.29 is 9.53 Å². The summed E-state index contributed by atoms with van der Waals surface area (Å²) in [6, 6.07) is 16.7. The van der Waals surface area contributed by atoms with E-state index >= 15 is 0 Å². The van der Waals surface area contributed by atoms with Gasteiger partial charge in [0.2, 0.25) is 0 Å². The molecule has 2 aromatic heterocycles. The highest BCUT2D eigenvalue weighted by atomic mass is 16.5. The van der Waals surface area contributed by atoms with Gasteiger partial charge in [-0.3, -0.25) is 9.78 Å². The van der Waals surface area contributed by atoms with E-state index in [2.05, 4.69) is 16.4 Å². The van der Waals surface area contributed by atoms with Crippen LogP contribution in [0, 0.1) is 11.3 Å². The number of methoxy groups -OCH3 is 1. The second-order valence-corrected chi connectivity index (χ2v) is 5.58. The minimum absolute atomic E-state index is 0.293. The minimum Gasteiger partial charge on any atom is -0.497 e. The normalized spacial score (nSPS) is 10.2. The number of hydrogen-bond donors (Lipinski definition) is 1. The number of nitrogens with one attached hydrogen (secondary N) is 1. The van der Waals surface area contributed by atoms with E-state index in [0.29, 0.717) is 24.2 Å². The Labute approximate surface area is 151 Å². The van der Waals surface area contributed by atoms with Crippen molar-refractivity contribution in [1.82, 2.24) is 14.9 Å². The number of carbonyl (C=O) groups excluding carboxylic acids is 1. The number of pyridine rings is 1. The quantitative estimate of drug-likeness (QED) is 0.744. The first-order chi connectivity index (χ1) is 12.7. The Bertz CT molecular complexity index is 925. The molecular weight excluding hydrogens is 328 g/mol. The van der Waals surface area contributed by atoms with Crippen molar-refractivity contribution in [2.75, 3.05) is 13.7 Å². The van der Waals surface area contributed by atoms with Gasteiger partial charge in [0.25, 0.3) is 5.91 Å². The number of hydrogen-bond acceptors (Lipinski definition) is 4. The van der Waals surface area contributed by atoms with E-state index < -0.39 is 0 Å². The van der Waals surface area contributed by atoms with E-state index in [-0.39, 0.29) is 5.91 Å². The van der Waals surface area contributed by atoms with Crippen molar-refractivity contribution in [3.63, 3.8) is 0 Å². The summed E-state index contributed by atoms with van der Waals surface area (Å²) in [5.41, 5.74) is 2.33. The monoisotopic (exact) mass is 346 g/mol. The Morgan fingerprint density at radius 2 is 2.04 bits per heavy atom. The first kappa shape index (κ1) is 17.2. The fourth-order valence-electron chi connectivity index (χ4n) is 2.65. The van der Waals surface area contributed by atoms with Gasteiger partial charge in [-0.1, -0.05) is 6.07 Å². The van der Waals surface area contributed by atoms with Crippen LogP contribution in [0.3, 0.4) is 0 Å². The van der Waals surface area contributed by atoms with Gasteiger partial charge >= 0.3 is 0 Å². The first-order valence-electron chi connectivity index (χ1n) is 8.17. The van der Waals surface area contributed by atoms with Crippen LogP contribution in [-0.2, 0) is 6.42 Å². The number of ether oxygens (including phenoxy) is 1. The predicted molar refractivity (Wildman–Crippen MR) is 97.3 cm³/mol. The Morgan fingerprint density at radius 1 is 1.23 bits per heavy atom. The van der Waals surface area contributed by atoms with Gasteiger partial charge in [-0.2, -0.15) is 5.26 Å². The maximum Gasteiger partial charge on any atom is 0.269 e. The highest BCUT2D eigenvalue weighted by Gasteiger charge is 2.18. The van der Waals surface area contributed by atoms with E-state index in [0.717, 1.165) is 17.1 Å². The maximum absolute atomic E-state index is 12.7. The number of aromatic nitrogens is 2. The van der Waals surface area contributed by atoms with Crippen LogP contribution < -0.4 is 10.1 Å². The lowest BCUT2D eigenvalue weighted by atomic mass is 10.2. The smallest absolute Gasteiger partial charge is 0.269 e. The van der Waals surface area contributed by atoms with Crippen LogP contribution in [-0.4, -0.2) is 29.1 Å². The van der Waals surface area contributed by atoms with Crippen molar-refractivity contribution >= 4 is 5.91 Å². The molecule has 3 aromatic rings. The van der Waals surface area contributed by atoms with Crippen LogP contribution in [0.2, 0.25) is 0 Å². The number of nitriles is 1. The molecule has 3 rings (SSSR count). The van der Waals surface area contributed by atoms with Gasteiger partial charge < -0.3 is 14.6 Å². The molecule has 0 atom stereocenters. The molecule has 130 valence electrons. The number of rotatable bonds is 6. The van der Waals surface area contributed by atoms with Gasteiger partial charge in [0.05, 0.1) is 12.7 Å². The minimum atomic E-state index is -0.293. The SMILES string of the molecule is COc1ccc(-n2ccc(C#N)c2C(=O)NCCc2ccccn2)cc1. The van der Waals surface area contributed by atoms with Crippen LogP contribution in [0.15, 0.2) is 60.9 Å². The maximum atomic E-state index is 12.7. The summed E-state index contributed by atoms with van der Waals surface area (Å²) in [6.45, 7) is 0.439. The molecule has 0 spiro atoms. The molecule has 0 bridgehead atoms. The molecule has 0 aliphatic rings. The topological polar surface area (TPSA) is 79.9 Å². The number of carbonyl (C=O) groups is 1. The number of nitrogens with zero attached hydrogens (tertiary/aromatic N) is 3. The molecule has 2 heterocycles. The zero-order valence-corrected chi connectivity index (χ0v) is 14.3. The lowest BCUT2D eigenvalue weighted by molar-refractivity contribution is 0.0947. The van der Waals surface area contributed by atoms with Crippen LogP contribution >= 0.6 is 0 Å². The molecule has 1 amide bonds. The number of amides is 1. The first-order valence-corrected chi connectivity index (χ1v) is 8.17. The van der Waals surface area contributed by atoms with Gasteiger partial charge in [-0.05, 0) is 42.5 Å². The van der Waals surface area contributed by atoms with Crippen molar-refractivity contribution in [3.8, 4) is 17.5 Å². The third kappa shape index (κ3) is 3.73. The van der Waals surface area contributed by atoms with Crippen molar-refractivity contribution in [1.29, 1.82) is 5.26 Å². The Kier molecular flexibility index (Phi) is 5.30. The molecule has 0 aliphatic heterocycles. The number of benzene rings is 1. The van der Waals surface area contributed by atoms with Crippen molar-refractivity contribution in [3.05, 3.63) is 77.9 Å². The molecule has 1 N–H and O–H groups in total. The molecule has 0 fully saturated rings. The van der Waals surface area contributed by atoms with E-state index in [1.54, 1.807) is 30.1 Å². The second kappa shape index (κ2) is 7.99. The summed E-state index contributed by atoms with van der Waals surface area (Å²) in [6.07, 6.45) is 4.06. The molecule has 0 saturated carbocycles. The molecule has 6 heteroatoms. The molecule has 0 saturated heterocycles. The highest BCUT2D eigenvalue weighted by molar-refractivity contribution is 5.95. The fraction of sp³-hybridized carbons (Fsp3) is 0.150. The average Bonchev–Trinajstić information content (AvgIpc) is 3.13. The lowest BCUT2D eigenvalue weighted by Gasteiger charge is -2.11. The second-order valence-electron chi connectivity index (χ2n) is 5.58. The van der Waals surface area contributed by atoms with Crippen LogP contribution in [0.4, 0.5) is 0 Å². The molecule has 0 radical (unpaired) electrons. The Balaban J connectivity index is 1.78. The van der Waals surface area contributed by atoms with Gasteiger partial charge in [-0.15, -0.1) is 0 Å². The van der Waals surface area contributed by atoms with Crippen molar-refractivity contribution in [2.24, 2.45) is 0 Å². The average molecular weight is 346 g/mol. The zero-order valence-electron chi connectivity index (χ0n) is 14.3. The Hall–Kier alpha value is -3.59. The van der Waals surface area contributed by atoms with Crippen LogP contribution in [0.5, 0.6) is 5.75 Å². The molecule has 1 aromatic carbocycles. The third-order valence-electron chi connectivity index (χ3n) is 3.97. The lowest BCUT2D eigenvalue weighted by Crippen LogP contribution is -2.28. The third-order valence-corrected chi connectivity index (χ3v) is 3.97. The molecule has 26 heavy (non-hydrogen) atoms. The molecule has 0 unspecified atom stereocenters. The molecule has 6 nitrogen and oxygen atoms in total. The van der Waals surface area contributed by atoms with E-state index in [9.17, 15) is 10.1 Å². The molecule has 0 aliphatic carbocycles. The summed E-state index contributed by atoms with van der Waals surface area (Å²) >= 11 is 0. The summed E-state index contributed by atoms with van der Waals surface area (Å²) in [4.78, 5) is 16.9. The highest BCUT2D eigenvalue weighted by Crippen LogP contribution is 2.20. The predicted octanol–water partition coefficient (Wildman–Crippen LogP) is 2.73. The van der Waals surface area contributed by atoms with E-state index in [4.69, 9.17) is 4.74 Å². The van der Waals surface area contributed by atoms with Gasteiger partial charge in [0, 0.05) is 36.7 Å². The van der Waals surface area contributed by atoms with Crippen LogP contribution in [0.25, 0.3) is 5.69 Å². The molecular formula is C20H18N4O2. The standard InChI is InChI=1S/C20H18N4O2/c1-26-18-7-5-17(6-8-18)24-13-10-15(14-21)19(24)20(25)23-12-9-16-4-2-3-11-22-16/h2-8,10-11,13H,9,12H2,1H3,(H,23,25). The van der Waals surface area contributed by atoms with Gasteiger partial charge in [-0.25, -0.2) is 0 Å². The van der Waals surface area contributed by atoms with E-state index in [1.165, 1.54) is 0 Å². The van der Waals surface area contributed by atoms with E-state index in [1.807, 2.05) is 42.5 Å².